The highest BCUT2D eigenvalue weighted by atomic mass is 79.9. The molecule has 0 radical (unpaired) electrons. The predicted octanol–water partition coefficient (Wildman–Crippen LogP) is 3.09. The monoisotopic (exact) mass is 400 g/mol. The van der Waals surface area contributed by atoms with Gasteiger partial charge >= 0.3 is 0 Å². The fraction of sp³-hybridized carbons (Fsp3) is 0.133. The third kappa shape index (κ3) is 3.95. The minimum Gasteiger partial charge on any atom is -0.322 e. The van der Waals surface area contributed by atoms with Gasteiger partial charge in [-0.2, -0.15) is 0 Å². The number of rotatable bonds is 4. The van der Waals surface area contributed by atoms with Crippen LogP contribution in [0.1, 0.15) is 10.4 Å². The highest BCUT2D eigenvalue weighted by Crippen LogP contribution is 2.21. The van der Waals surface area contributed by atoms with Crippen LogP contribution in [0, 0.1) is 5.82 Å². The number of sulfonamides is 1. The van der Waals surface area contributed by atoms with Crippen molar-refractivity contribution in [2.75, 3.05) is 19.4 Å². The summed E-state index contributed by atoms with van der Waals surface area (Å²) in [6, 6.07) is 9.54. The third-order valence-corrected chi connectivity index (χ3v) is 5.55. The van der Waals surface area contributed by atoms with Gasteiger partial charge in [-0.1, -0.05) is 0 Å². The van der Waals surface area contributed by atoms with Crippen molar-refractivity contribution < 1.29 is 17.6 Å². The second kappa shape index (κ2) is 6.77. The molecule has 1 N–H and O–H groups in total. The maximum atomic E-state index is 13.0. The smallest absolute Gasteiger partial charge is 0.256 e. The quantitative estimate of drug-likeness (QED) is 0.857. The Balaban J connectivity index is 2.20. The van der Waals surface area contributed by atoms with Gasteiger partial charge in [0.05, 0.1) is 10.5 Å². The molecule has 8 heteroatoms. The van der Waals surface area contributed by atoms with Gasteiger partial charge in [-0.3, -0.25) is 4.79 Å². The number of benzene rings is 2. The molecule has 0 aromatic heterocycles. The number of carbonyl (C=O) groups excluding carboxylic acids is 1. The predicted molar refractivity (Wildman–Crippen MR) is 89.4 cm³/mol. The first-order chi connectivity index (χ1) is 10.7. The zero-order chi connectivity index (χ0) is 17.2. The minimum absolute atomic E-state index is 0.128. The molecule has 0 fully saturated rings. The van der Waals surface area contributed by atoms with Gasteiger partial charge < -0.3 is 5.32 Å². The first-order valence-corrected chi connectivity index (χ1v) is 8.74. The van der Waals surface area contributed by atoms with Gasteiger partial charge in [0.2, 0.25) is 10.0 Å². The van der Waals surface area contributed by atoms with E-state index in [-0.39, 0.29) is 10.5 Å². The summed E-state index contributed by atoms with van der Waals surface area (Å²) < 4.78 is 38.4. The first-order valence-electron chi connectivity index (χ1n) is 6.51. The molecule has 0 unspecified atom stereocenters. The summed E-state index contributed by atoms with van der Waals surface area (Å²) in [5, 5.41) is 2.63. The van der Waals surface area contributed by atoms with Crippen LogP contribution < -0.4 is 5.32 Å². The van der Waals surface area contributed by atoms with Crippen molar-refractivity contribution in [1.29, 1.82) is 0 Å². The molecular formula is C15H14BrFN2O3S. The lowest BCUT2D eigenvalue weighted by Crippen LogP contribution is -2.22. The molecular weight excluding hydrogens is 387 g/mol. The van der Waals surface area contributed by atoms with Crippen molar-refractivity contribution in [3.63, 3.8) is 0 Å². The zero-order valence-corrected chi connectivity index (χ0v) is 14.8. The van der Waals surface area contributed by atoms with E-state index in [4.69, 9.17) is 0 Å². The Morgan fingerprint density at radius 3 is 2.26 bits per heavy atom. The largest absolute Gasteiger partial charge is 0.322 e. The van der Waals surface area contributed by atoms with E-state index in [1.807, 2.05) is 0 Å². The van der Waals surface area contributed by atoms with Gasteiger partial charge in [0.1, 0.15) is 5.82 Å². The van der Waals surface area contributed by atoms with E-state index in [1.165, 1.54) is 56.6 Å². The molecule has 5 nitrogen and oxygen atoms in total. The van der Waals surface area contributed by atoms with E-state index >= 15 is 0 Å². The van der Waals surface area contributed by atoms with Crippen LogP contribution in [0.5, 0.6) is 0 Å². The summed E-state index contributed by atoms with van der Waals surface area (Å²) in [6.07, 6.45) is 0. The Labute approximate surface area is 142 Å². The van der Waals surface area contributed by atoms with Gasteiger partial charge in [0.25, 0.3) is 5.91 Å². The highest BCUT2D eigenvalue weighted by molar-refractivity contribution is 9.10. The third-order valence-electron chi connectivity index (χ3n) is 3.07. The van der Waals surface area contributed by atoms with Crippen molar-refractivity contribution in [2.24, 2.45) is 0 Å². The number of anilines is 1. The summed E-state index contributed by atoms with van der Waals surface area (Å²) in [7, 11) is -0.631. The van der Waals surface area contributed by atoms with Crippen LogP contribution in [-0.4, -0.2) is 32.7 Å². The highest BCUT2D eigenvalue weighted by Gasteiger charge is 2.17. The van der Waals surface area contributed by atoms with Crippen LogP contribution in [0.4, 0.5) is 10.1 Å². The van der Waals surface area contributed by atoms with Crippen LogP contribution in [-0.2, 0) is 10.0 Å². The number of hydrogen-bond donors (Lipinski definition) is 1. The molecule has 0 aliphatic heterocycles. The van der Waals surface area contributed by atoms with Gasteiger partial charge in [0.15, 0.2) is 0 Å². The Hall–Kier alpha value is -1.77. The number of nitrogens with zero attached hydrogens (tertiary/aromatic N) is 1. The van der Waals surface area contributed by atoms with Gasteiger partial charge in [-0.15, -0.1) is 0 Å². The summed E-state index contributed by atoms with van der Waals surface area (Å²) in [5.74, 6) is -0.883. The minimum atomic E-state index is -3.51. The van der Waals surface area contributed by atoms with Crippen molar-refractivity contribution in [1.82, 2.24) is 4.31 Å². The maximum Gasteiger partial charge on any atom is 0.256 e. The van der Waals surface area contributed by atoms with E-state index in [0.717, 1.165) is 4.31 Å². The fourth-order valence-corrected chi connectivity index (χ4v) is 3.23. The normalized spacial score (nSPS) is 11.5. The molecule has 2 aromatic rings. The van der Waals surface area contributed by atoms with Crippen LogP contribution in [0.25, 0.3) is 0 Å². The van der Waals surface area contributed by atoms with Gasteiger partial charge in [-0.05, 0) is 58.4 Å². The topological polar surface area (TPSA) is 66.5 Å². The Kier molecular flexibility index (Phi) is 5.18. The lowest BCUT2D eigenvalue weighted by atomic mass is 10.2. The molecule has 0 aliphatic carbocycles. The lowest BCUT2D eigenvalue weighted by molar-refractivity contribution is 0.102. The summed E-state index contributed by atoms with van der Waals surface area (Å²) in [4.78, 5) is 12.3. The zero-order valence-electron chi connectivity index (χ0n) is 12.4. The van der Waals surface area contributed by atoms with Crippen molar-refractivity contribution in [3.05, 3.63) is 58.3 Å². The van der Waals surface area contributed by atoms with Crippen LogP contribution in [0.3, 0.4) is 0 Å². The molecule has 2 rings (SSSR count). The molecule has 1 amide bonds. The molecule has 0 bridgehead atoms. The van der Waals surface area contributed by atoms with Gasteiger partial charge in [-0.25, -0.2) is 17.1 Å². The Morgan fingerprint density at radius 1 is 1.13 bits per heavy atom. The van der Waals surface area contributed by atoms with Crippen molar-refractivity contribution in [3.8, 4) is 0 Å². The molecule has 0 heterocycles. The van der Waals surface area contributed by atoms with Crippen LogP contribution in [0.15, 0.2) is 51.8 Å². The number of nitrogens with one attached hydrogen (secondary N) is 1. The van der Waals surface area contributed by atoms with Crippen molar-refractivity contribution in [2.45, 2.75) is 4.90 Å². The molecule has 0 atom stereocenters. The second-order valence-corrected chi connectivity index (χ2v) is 7.90. The maximum absolute atomic E-state index is 13.0. The number of halogens is 2. The van der Waals surface area contributed by atoms with Crippen LogP contribution in [0.2, 0.25) is 0 Å². The molecule has 23 heavy (non-hydrogen) atoms. The molecule has 122 valence electrons. The van der Waals surface area contributed by atoms with E-state index < -0.39 is 21.7 Å². The standard InChI is InChI=1S/C15H14BrFN2O3S/c1-19(2)23(21,22)12-6-4-11(5-7-12)18-15(20)13-8-3-10(17)9-14(13)16/h3-9H,1-2H3,(H,18,20). The van der Waals surface area contributed by atoms with E-state index in [2.05, 4.69) is 21.2 Å². The Bertz CT molecular complexity index is 836. The first kappa shape index (κ1) is 17.6. The molecule has 0 saturated heterocycles. The number of hydrogen-bond acceptors (Lipinski definition) is 3. The fourth-order valence-electron chi connectivity index (χ4n) is 1.79. The summed E-state index contributed by atoms with van der Waals surface area (Å²) in [6.45, 7) is 0. The number of carbonyl (C=O) groups is 1. The number of amides is 1. The molecule has 2 aromatic carbocycles. The summed E-state index contributed by atoms with van der Waals surface area (Å²) >= 11 is 3.13. The van der Waals surface area contributed by atoms with Gasteiger partial charge in [0, 0.05) is 24.3 Å². The van der Waals surface area contributed by atoms with Crippen LogP contribution >= 0.6 is 15.9 Å². The molecule has 0 saturated carbocycles. The van der Waals surface area contributed by atoms with Crippen molar-refractivity contribution >= 4 is 37.5 Å². The Morgan fingerprint density at radius 2 is 1.74 bits per heavy atom. The average molecular weight is 401 g/mol. The van der Waals surface area contributed by atoms with E-state index in [9.17, 15) is 17.6 Å². The summed E-state index contributed by atoms with van der Waals surface area (Å²) in [5.41, 5.74) is 0.709. The SMILES string of the molecule is CN(C)S(=O)(=O)c1ccc(NC(=O)c2ccc(F)cc2Br)cc1. The molecule has 0 spiro atoms. The lowest BCUT2D eigenvalue weighted by Gasteiger charge is -2.12. The molecule has 0 aliphatic rings. The second-order valence-electron chi connectivity index (χ2n) is 4.89. The van der Waals surface area contributed by atoms with E-state index in [1.54, 1.807) is 0 Å². The van der Waals surface area contributed by atoms with E-state index in [0.29, 0.717) is 10.2 Å². The average Bonchev–Trinajstić information content (AvgIpc) is 2.47.